The first-order valence-electron chi connectivity index (χ1n) is 7.91. The van der Waals surface area contributed by atoms with Gasteiger partial charge in [-0.1, -0.05) is 12.1 Å². The van der Waals surface area contributed by atoms with Gasteiger partial charge in [0.1, 0.15) is 0 Å². The van der Waals surface area contributed by atoms with E-state index in [0.29, 0.717) is 5.56 Å². The molecule has 1 amide bonds. The summed E-state index contributed by atoms with van der Waals surface area (Å²) >= 11 is 1.50. The summed E-state index contributed by atoms with van der Waals surface area (Å²) in [6.07, 6.45) is 4.58. The third-order valence-electron chi connectivity index (χ3n) is 4.20. The standard InChI is InChI=1S/C19H14N2O4S/c22-17(14-6-2-8-25-14)15-16(12-4-1-7-20-10-12)21(19(24)18(15)23)11-13-5-3-9-26-13/h1-10,16,23H,11H2. The Labute approximate surface area is 153 Å². The molecule has 0 spiro atoms. The number of aromatic nitrogens is 1. The van der Waals surface area contributed by atoms with E-state index in [9.17, 15) is 14.7 Å². The number of nitrogens with zero attached hydrogens (tertiary/aromatic N) is 2. The number of pyridine rings is 1. The molecule has 3 aromatic heterocycles. The second kappa shape index (κ2) is 6.61. The molecule has 0 radical (unpaired) electrons. The molecule has 4 heterocycles. The number of hydrogen-bond acceptors (Lipinski definition) is 6. The number of aliphatic hydroxyl groups excluding tert-OH is 1. The lowest BCUT2D eigenvalue weighted by Gasteiger charge is -2.25. The van der Waals surface area contributed by atoms with Crippen molar-refractivity contribution in [2.45, 2.75) is 12.6 Å². The van der Waals surface area contributed by atoms with Gasteiger partial charge in [0, 0.05) is 17.3 Å². The molecule has 1 unspecified atom stereocenters. The van der Waals surface area contributed by atoms with Crippen LogP contribution in [0.15, 0.2) is 76.2 Å². The Kier molecular flexibility index (Phi) is 4.14. The Morgan fingerprint density at radius 3 is 2.81 bits per heavy atom. The molecule has 0 fully saturated rings. The lowest BCUT2D eigenvalue weighted by molar-refractivity contribution is -0.130. The maximum atomic E-state index is 12.9. The lowest BCUT2D eigenvalue weighted by atomic mass is 9.96. The third-order valence-corrected chi connectivity index (χ3v) is 5.06. The Balaban J connectivity index is 1.80. The van der Waals surface area contributed by atoms with Crippen LogP contribution in [-0.4, -0.2) is 26.7 Å². The highest BCUT2D eigenvalue weighted by Gasteiger charge is 2.44. The second-order valence-corrected chi connectivity index (χ2v) is 6.80. The zero-order valence-electron chi connectivity index (χ0n) is 13.5. The van der Waals surface area contributed by atoms with Crippen molar-refractivity contribution in [2.75, 3.05) is 0 Å². The number of hydrogen-bond donors (Lipinski definition) is 1. The molecule has 6 nitrogen and oxygen atoms in total. The minimum Gasteiger partial charge on any atom is -0.503 e. The van der Waals surface area contributed by atoms with Crippen LogP contribution in [0, 0.1) is 0 Å². The zero-order valence-corrected chi connectivity index (χ0v) is 14.3. The Morgan fingerprint density at radius 1 is 1.27 bits per heavy atom. The van der Waals surface area contributed by atoms with Gasteiger partial charge in [0.05, 0.1) is 24.4 Å². The van der Waals surface area contributed by atoms with Crippen LogP contribution >= 0.6 is 11.3 Å². The highest BCUT2D eigenvalue weighted by Crippen LogP contribution is 2.39. The number of ketones is 1. The van der Waals surface area contributed by atoms with Crippen molar-refractivity contribution in [2.24, 2.45) is 0 Å². The van der Waals surface area contributed by atoms with E-state index in [-0.39, 0.29) is 17.9 Å². The first-order valence-corrected chi connectivity index (χ1v) is 8.79. The fourth-order valence-electron chi connectivity index (χ4n) is 3.04. The van der Waals surface area contributed by atoms with Gasteiger partial charge in [-0.05, 0) is 35.2 Å². The summed E-state index contributed by atoms with van der Waals surface area (Å²) in [5, 5.41) is 12.4. The van der Waals surface area contributed by atoms with Crippen LogP contribution < -0.4 is 0 Å². The van der Waals surface area contributed by atoms with E-state index in [0.717, 1.165) is 4.88 Å². The topological polar surface area (TPSA) is 83.6 Å². The number of carbonyl (C=O) groups is 2. The maximum absolute atomic E-state index is 12.9. The number of furan rings is 1. The molecule has 1 atom stereocenters. The lowest BCUT2D eigenvalue weighted by Crippen LogP contribution is -2.30. The summed E-state index contributed by atoms with van der Waals surface area (Å²) in [4.78, 5) is 32.1. The molecule has 1 N–H and O–H groups in total. The predicted octanol–water partition coefficient (Wildman–Crippen LogP) is 3.51. The predicted molar refractivity (Wildman–Crippen MR) is 94.5 cm³/mol. The number of rotatable bonds is 5. The average Bonchev–Trinajstić information content (AvgIpc) is 3.40. The van der Waals surface area contributed by atoms with E-state index in [4.69, 9.17) is 4.42 Å². The molecule has 7 heteroatoms. The van der Waals surface area contributed by atoms with Crippen LogP contribution in [-0.2, 0) is 11.3 Å². The van der Waals surface area contributed by atoms with Gasteiger partial charge in [-0.3, -0.25) is 14.6 Å². The molecular formula is C19H14N2O4S. The van der Waals surface area contributed by atoms with Crippen molar-refractivity contribution in [3.8, 4) is 0 Å². The van der Waals surface area contributed by atoms with Crippen molar-refractivity contribution < 1.29 is 19.1 Å². The van der Waals surface area contributed by atoms with Crippen molar-refractivity contribution in [3.05, 3.63) is 88.0 Å². The van der Waals surface area contributed by atoms with Crippen LogP contribution in [0.25, 0.3) is 0 Å². The van der Waals surface area contributed by atoms with Crippen molar-refractivity contribution >= 4 is 23.0 Å². The summed E-state index contributed by atoms with van der Waals surface area (Å²) in [6.45, 7) is 0.287. The molecule has 130 valence electrons. The van der Waals surface area contributed by atoms with E-state index in [1.54, 1.807) is 30.6 Å². The van der Waals surface area contributed by atoms with E-state index in [2.05, 4.69) is 4.98 Å². The van der Waals surface area contributed by atoms with Gasteiger partial charge < -0.3 is 14.4 Å². The smallest absolute Gasteiger partial charge is 0.290 e. The SMILES string of the molecule is O=C(C1=C(O)C(=O)N(Cc2cccs2)C1c1cccnc1)c1ccco1. The van der Waals surface area contributed by atoms with E-state index < -0.39 is 23.5 Å². The molecule has 0 aliphatic carbocycles. The van der Waals surface area contributed by atoms with Crippen LogP contribution in [0.4, 0.5) is 0 Å². The highest BCUT2D eigenvalue weighted by molar-refractivity contribution is 7.09. The number of aliphatic hydroxyl groups is 1. The molecule has 1 aliphatic heterocycles. The molecular weight excluding hydrogens is 352 g/mol. The molecule has 26 heavy (non-hydrogen) atoms. The number of Topliss-reactive ketones (excluding diaryl/α,β-unsaturated/α-hetero) is 1. The van der Waals surface area contributed by atoms with Crippen molar-refractivity contribution in [1.29, 1.82) is 0 Å². The van der Waals surface area contributed by atoms with Gasteiger partial charge in [0.15, 0.2) is 11.5 Å². The highest BCUT2D eigenvalue weighted by atomic mass is 32.1. The fourth-order valence-corrected chi connectivity index (χ4v) is 3.75. The summed E-state index contributed by atoms with van der Waals surface area (Å²) in [5.74, 6) is -1.56. The normalized spacial score (nSPS) is 17.2. The fraction of sp³-hybridized carbons (Fsp3) is 0.105. The molecule has 0 saturated carbocycles. The third kappa shape index (κ3) is 2.72. The van der Waals surface area contributed by atoms with Crippen LogP contribution in [0.3, 0.4) is 0 Å². The largest absolute Gasteiger partial charge is 0.503 e. The molecule has 0 bridgehead atoms. The Hall–Kier alpha value is -3.19. The van der Waals surface area contributed by atoms with E-state index in [1.807, 2.05) is 17.5 Å². The van der Waals surface area contributed by atoms with Gasteiger partial charge >= 0.3 is 0 Å². The minimum atomic E-state index is -0.726. The zero-order chi connectivity index (χ0) is 18.1. The van der Waals surface area contributed by atoms with Gasteiger partial charge in [-0.15, -0.1) is 11.3 Å². The van der Waals surface area contributed by atoms with Gasteiger partial charge in [0.2, 0.25) is 5.78 Å². The van der Waals surface area contributed by atoms with Gasteiger partial charge in [-0.25, -0.2) is 0 Å². The van der Waals surface area contributed by atoms with Crippen molar-refractivity contribution in [3.63, 3.8) is 0 Å². The summed E-state index contributed by atoms with van der Waals surface area (Å²) in [5.41, 5.74) is 0.658. The Bertz CT molecular complexity index is 962. The first-order chi connectivity index (χ1) is 12.7. The molecule has 3 aromatic rings. The summed E-state index contributed by atoms with van der Waals surface area (Å²) in [7, 11) is 0. The Morgan fingerprint density at radius 2 is 2.15 bits per heavy atom. The number of carbonyl (C=O) groups excluding carboxylic acids is 2. The van der Waals surface area contributed by atoms with E-state index in [1.165, 1.54) is 28.6 Å². The monoisotopic (exact) mass is 366 g/mol. The average molecular weight is 366 g/mol. The van der Waals surface area contributed by atoms with E-state index >= 15 is 0 Å². The number of amides is 1. The van der Waals surface area contributed by atoms with Crippen LogP contribution in [0.1, 0.15) is 27.0 Å². The van der Waals surface area contributed by atoms with Crippen molar-refractivity contribution in [1.82, 2.24) is 9.88 Å². The van der Waals surface area contributed by atoms with Gasteiger partial charge in [-0.2, -0.15) is 0 Å². The van der Waals surface area contributed by atoms with Crippen LogP contribution in [0.2, 0.25) is 0 Å². The molecule has 1 aliphatic rings. The maximum Gasteiger partial charge on any atom is 0.290 e. The summed E-state index contributed by atoms with van der Waals surface area (Å²) in [6, 6.07) is 9.67. The van der Waals surface area contributed by atoms with Crippen LogP contribution in [0.5, 0.6) is 0 Å². The van der Waals surface area contributed by atoms with Gasteiger partial charge in [0.25, 0.3) is 5.91 Å². The number of thiophene rings is 1. The minimum absolute atomic E-state index is 0.00880. The molecule has 0 aromatic carbocycles. The molecule has 0 saturated heterocycles. The molecule has 4 rings (SSSR count). The summed E-state index contributed by atoms with van der Waals surface area (Å²) < 4.78 is 5.18. The first kappa shape index (κ1) is 16.3. The quantitative estimate of drug-likeness (QED) is 0.699. The second-order valence-electron chi connectivity index (χ2n) is 5.77.